The van der Waals surface area contributed by atoms with E-state index in [1.54, 1.807) is 0 Å². The zero-order valence-electron chi connectivity index (χ0n) is 12.9. The van der Waals surface area contributed by atoms with Crippen molar-refractivity contribution < 1.29 is 9.09 Å². The third-order valence-electron chi connectivity index (χ3n) is 3.88. The summed E-state index contributed by atoms with van der Waals surface area (Å²) in [6, 6.07) is 26.8. The number of para-hydroxylation sites is 2. The fraction of sp³-hybridized carbons (Fsp3) is 0. The van der Waals surface area contributed by atoms with E-state index in [0.717, 1.165) is 16.8 Å². The van der Waals surface area contributed by atoms with E-state index >= 15 is 0 Å². The van der Waals surface area contributed by atoms with Gasteiger partial charge in [0.1, 0.15) is 5.75 Å². The van der Waals surface area contributed by atoms with E-state index in [2.05, 4.69) is 5.09 Å². The molecule has 24 heavy (non-hydrogen) atoms. The van der Waals surface area contributed by atoms with E-state index in [-0.39, 0.29) is 0 Å². The van der Waals surface area contributed by atoms with Crippen molar-refractivity contribution in [2.24, 2.45) is 0 Å². The highest BCUT2D eigenvalue weighted by Gasteiger charge is 2.35. The Bertz CT molecular complexity index is 936. The van der Waals surface area contributed by atoms with Gasteiger partial charge in [0, 0.05) is 5.69 Å². The summed E-state index contributed by atoms with van der Waals surface area (Å²) in [5, 5.41) is 3.81. The molecule has 1 atom stereocenters. The van der Waals surface area contributed by atoms with Crippen molar-refractivity contribution in [3.63, 3.8) is 0 Å². The van der Waals surface area contributed by atoms with Crippen LogP contribution in [0.1, 0.15) is 11.1 Å². The Labute approximate surface area is 141 Å². The van der Waals surface area contributed by atoms with Crippen LogP contribution >= 0.6 is 7.52 Å². The monoisotopic (exact) mass is 333 g/mol. The first-order valence-electron chi connectivity index (χ1n) is 7.74. The van der Waals surface area contributed by atoms with Crippen molar-refractivity contribution in [3.8, 4) is 5.75 Å². The molecule has 1 aliphatic rings. The molecule has 0 radical (unpaired) electrons. The van der Waals surface area contributed by atoms with Crippen LogP contribution in [0.25, 0.3) is 11.4 Å². The van der Waals surface area contributed by atoms with Crippen molar-refractivity contribution in [3.05, 3.63) is 96.1 Å². The predicted molar refractivity (Wildman–Crippen MR) is 99.1 cm³/mol. The Morgan fingerprint density at radius 3 is 2.12 bits per heavy atom. The SMILES string of the molecule is O=P1(Oc2ccccc2)Nc2ccccc2C=C1c1ccccc1. The topological polar surface area (TPSA) is 38.3 Å². The van der Waals surface area contributed by atoms with Gasteiger partial charge < -0.3 is 9.61 Å². The second-order valence-corrected chi connectivity index (χ2v) is 7.54. The first kappa shape index (κ1) is 14.8. The summed E-state index contributed by atoms with van der Waals surface area (Å²) in [4.78, 5) is 0. The van der Waals surface area contributed by atoms with Crippen molar-refractivity contribution in [2.75, 3.05) is 5.09 Å². The van der Waals surface area contributed by atoms with Gasteiger partial charge in [-0.2, -0.15) is 0 Å². The van der Waals surface area contributed by atoms with Gasteiger partial charge in [-0.25, -0.2) is 4.57 Å². The quantitative estimate of drug-likeness (QED) is 0.608. The Morgan fingerprint density at radius 1 is 0.750 bits per heavy atom. The van der Waals surface area contributed by atoms with Crippen molar-refractivity contribution in [1.82, 2.24) is 0 Å². The second kappa shape index (κ2) is 6.03. The maximum Gasteiger partial charge on any atom is 0.372 e. The summed E-state index contributed by atoms with van der Waals surface area (Å²) in [6.07, 6.45) is 1.95. The molecule has 1 heterocycles. The largest absolute Gasteiger partial charge is 0.426 e. The molecule has 4 heteroatoms. The Morgan fingerprint density at radius 2 is 1.38 bits per heavy atom. The fourth-order valence-corrected chi connectivity index (χ4v) is 4.74. The van der Waals surface area contributed by atoms with E-state index in [4.69, 9.17) is 4.52 Å². The minimum atomic E-state index is -3.29. The maximum absolute atomic E-state index is 13.7. The third kappa shape index (κ3) is 2.75. The van der Waals surface area contributed by atoms with Crippen LogP contribution in [-0.2, 0) is 4.57 Å². The zero-order valence-corrected chi connectivity index (χ0v) is 13.8. The van der Waals surface area contributed by atoms with Crippen molar-refractivity contribution >= 4 is 24.6 Å². The minimum Gasteiger partial charge on any atom is -0.426 e. The van der Waals surface area contributed by atoms with Gasteiger partial charge in [0.05, 0.1) is 5.31 Å². The molecule has 3 aromatic carbocycles. The molecule has 0 saturated carbocycles. The van der Waals surface area contributed by atoms with E-state index < -0.39 is 7.52 Å². The number of nitrogens with one attached hydrogen (secondary N) is 1. The Balaban J connectivity index is 1.84. The second-order valence-electron chi connectivity index (χ2n) is 5.55. The number of hydrogen-bond donors (Lipinski definition) is 1. The molecule has 0 aliphatic carbocycles. The molecule has 1 unspecified atom stereocenters. The summed E-state index contributed by atoms with van der Waals surface area (Å²) in [5.74, 6) is 0.578. The van der Waals surface area contributed by atoms with Crippen LogP contribution in [0.15, 0.2) is 84.9 Å². The smallest absolute Gasteiger partial charge is 0.372 e. The molecule has 3 aromatic rings. The van der Waals surface area contributed by atoms with E-state index in [9.17, 15) is 4.57 Å². The minimum absolute atomic E-state index is 0.578. The van der Waals surface area contributed by atoms with Crippen LogP contribution in [0.5, 0.6) is 5.75 Å². The third-order valence-corrected chi connectivity index (χ3v) is 5.91. The van der Waals surface area contributed by atoms with Gasteiger partial charge in [-0.3, -0.25) is 0 Å². The molecule has 0 amide bonds. The molecule has 3 nitrogen and oxygen atoms in total. The van der Waals surface area contributed by atoms with Crippen LogP contribution in [0.2, 0.25) is 0 Å². The van der Waals surface area contributed by atoms with E-state index in [0.29, 0.717) is 11.1 Å². The van der Waals surface area contributed by atoms with Gasteiger partial charge in [-0.05, 0) is 35.4 Å². The zero-order chi connectivity index (χ0) is 16.4. The van der Waals surface area contributed by atoms with Gasteiger partial charge in [-0.15, -0.1) is 0 Å². The first-order valence-corrected chi connectivity index (χ1v) is 9.37. The van der Waals surface area contributed by atoms with E-state index in [1.165, 1.54) is 0 Å². The average Bonchev–Trinajstić information content (AvgIpc) is 2.62. The summed E-state index contributed by atoms with van der Waals surface area (Å²) >= 11 is 0. The molecule has 1 aliphatic heterocycles. The molecule has 118 valence electrons. The number of fused-ring (bicyclic) bond motifs is 1. The van der Waals surface area contributed by atoms with E-state index in [1.807, 2.05) is 91.0 Å². The van der Waals surface area contributed by atoms with Gasteiger partial charge >= 0.3 is 7.52 Å². The predicted octanol–water partition coefficient (Wildman–Crippen LogP) is 5.88. The van der Waals surface area contributed by atoms with Gasteiger partial charge in [0.25, 0.3) is 0 Å². The molecule has 4 rings (SSSR count). The highest BCUT2D eigenvalue weighted by atomic mass is 31.2. The molecule has 0 aromatic heterocycles. The van der Waals surface area contributed by atoms with Gasteiger partial charge in [-0.1, -0.05) is 66.7 Å². The molecular weight excluding hydrogens is 317 g/mol. The average molecular weight is 333 g/mol. The van der Waals surface area contributed by atoms with Crippen LogP contribution < -0.4 is 9.61 Å². The Kier molecular flexibility index (Phi) is 3.72. The lowest BCUT2D eigenvalue weighted by Gasteiger charge is -2.28. The molecule has 1 N–H and O–H groups in total. The van der Waals surface area contributed by atoms with Crippen molar-refractivity contribution in [1.29, 1.82) is 0 Å². The van der Waals surface area contributed by atoms with Gasteiger partial charge in [0.15, 0.2) is 0 Å². The Hall–Kier alpha value is -2.77. The maximum atomic E-state index is 13.7. The lowest BCUT2D eigenvalue weighted by molar-refractivity contribution is 0.498. The normalized spacial score (nSPS) is 18.9. The number of hydrogen-bond acceptors (Lipinski definition) is 2. The fourth-order valence-electron chi connectivity index (χ4n) is 2.74. The molecule has 0 bridgehead atoms. The van der Waals surface area contributed by atoms with Crippen molar-refractivity contribution in [2.45, 2.75) is 0 Å². The number of anilines is 1. The molecule has 0 saturated heterocycles. The van der Waals surface area contributed by atoms with Gasteiger partial charge in [0.2, 0.25) is 0 Å². The first-order chi connectivity index (χ1) is 11.7. The summed E-state index contributed by atoms with van der Waals surface area (Å²) < 4.78 is 19.6. The number of benzene rings is 3. The summed E-state index contributed by atoms with van der Waals surface area (Å²) in [7, 11) is -3.29. The molecule has 0 spiro atoms. The van der Waals surface area contributed by atoms with Crippen LogP contribution in [0, 0.1) is 0 Å². The van der Waals surface area contributed by atoms with Crippen LogP contribution in [0.4, 0.5) is 5.69 Å². The lowest BCUT2D eigenvalue weighted by atomic mass is 10.1. The number of rotatable bonds is 3. The molecule has 0 fully saturated rings. The summed E-state index contributed by atoms with van der Waals surface area (Å²) in [5.41, 5.74) is 2.70. The lowest BCUT2D eigenvalue weighted by Crippen LogP contribution is -2.10. The highest BCUT2D eigenvalue weighted by molar-refractivity contribution is 7.72. The summed E-state index contributed by atoms with van der Waals surface area (Å²) in [6.45, 7) is 0. The van der Waals surface area contributed by atoms with Crippen LogP contribution in [-0.4, -0.2) is 0 Å². The van der Waals surface area contributed by atoms with Crippen LogP contribution in [0.3, 0.4) is 0 Å². The standard InChI is InChI=1S/C20H16NO2P/c22-24(23-18-12-5-2-6-13-18)20(16-9-3-1-4-10-16)15-17-11-7-8-14-19(17)21-24/h1-15H,(H,21,22). The highest BCUT2D eigenvalue weighted by Crippen LogP contribution is 2.61. The molecular formula is C20H16NO2P.